The molecule has 0 aromatic heterocycles. The van der Waals surface area contributed by atoms with Gasteiger partial charge in [0.25, 0.3) is 0 Å². The third-order valence-electron chi connectivity index (χ3n) is 4.80. The average molecular weight is 457 g/mol. The molecule has 4 atom stereocenters. The number of carbonyl (C=O) groups excluding carboxylic acids is 1. The predicted octanol–water partition coefficient (Wildman–Crippen LogP) is 1.97. The minimum Gasteiger partial charge on any atom is -0.493 e. The van der Waals surface area contributed by atoms with E-state index >= 15 is 0 Å². The number of hydrogen-bond donors (Lipinski definition) is 3. The molecule has 0 bridgehead atoms. The fourth-order valence-electron chi connectivity index (χ4n) is 2.99. The Kier molecular flexibility index (Phi) is 8.12. The van der Waals surface area contributed by atoms with Gasteiger partial charge in [-0.05, 0) is 48.0 Å². The summed E-state index contributed by atoms with van der Waals surface area (Å²) in [6.45, 7) is -0.173. The number of allylic oxidation sites excluding steroid dienone is 1. The predicted molar refractivity (Wildman–Crippen MR) is 119 cm³/mol. The molecule has 3 N–H and O–H groups in total. The van der Waals surface area contributed by atoms with Crippen LogP contribution < -0.4 is 9.47 Å². The molecule has 2 aromatic carbocycles. The number of carbonyl (C=O) groups is 1. The average Bonchev–Trinajstić information content (AvgIpc) is 2.82. The van der Waals surface area contributed by atoms with E-state index in [1.165, 1.54) is 13.2 Å². The first kappa shape index (κ1) is 24.3. The molecule has 1 aliphatic rings. The topological polar surface area (TPSA) is 133 Å². The summed E-state index contributed by atoms with van der Waals surface area (Å²) in [5, 5.41) is 38.9. The number of ketones is 1. The zero-order valence-corrected chi connectivity index (χ0v) is 18.5. The van der Waals surface area contributed by atoms with Crippen LogP contribution in [-0.2, 0) is 4.74 Å². The SMILES string of the molecule is COc1cc(/C=C/C(=O)c2ccc(/N=N/N(C)C)cc2)ccc1O[C@H]1OC[C@H](O)[C@@H](O)[C@@H]1O. The zero-order valence-electron chi connectivity index (χ0n) is 18.5. The Morgan fingerprint density at radius 1 is 1.09 bits per heavy atom. The summed E-state index contributed by atoms with van der Waals surface area (Å²) in [4.78, 5) is 12.5. The standard InChI is InChI=1S/C23H27N3O7/c1-26(2)25-24-16-8-6-15(7-9-16)17(27)10-4-14-5-11-19(20(12-14)31-3)33-23-22(30)21(29)18(28)13-32-23/h4-12,18,21-23,28-30H,13H2,1-3H3/b10-4+,25-24+/t18-,21+,22-,23+/m0/s1. The monoisotopic (exact) mass is 457 g/mol. The van der Waals surface area contributed by atoms with Gasteiger partial charge in [-0.1, -0.05) is 17.4 Å². The summed E-state index contributed by atoms with van der Waals surface area (Å²) in [5.74, 6) is 0.435. The van der Waals surface area contributed by atoms with E-state index in [1.807, 2.05) is 0 Å². The molecule has 10 heteroatoms. The van der Waals surface area contributed by atoms with Crippen LogP contribution in [0.15, 0.2) is 58.9 Å². The maximum atomic E-state index is 12.5. The highest BCUT2D eigenvalue weighted by Gasteiger charge is 2.39. The van der Waals surface area contributed by atoms with E-state index in [1.54, 1.807) is 67.6 Å². The van der Waals surface area contributed by atoms with Crippen LogP contribution in [-0.4, -0.2) is 78.5 Å². The number of rotatable bonds is 8. The molecule has 0 radical (unpaired) electrons. The molecule has 33 heavy (non-hydrogen) atoms. The van der Waals surface area contributed by atoms with Crippen LogP contribution in [0.4, 0.5) is 5.69 Å². The van der Waals surface area contributed by atoms with Crippen LogP contribution in [0.2, 0.25) is 0 Å². The molecule has 0 saturated carbocycles. The van der Waals surface area contributed by atoms with Gasteiger partial charge in [0.05, 0.1) is 19.4 Å². The second-order valence-electron chi connectivity index (χ2n) is 7.56. The zero-order chi connectivity index (χ0) is 24.0. The van der Waals surface area contributed by atoms with Crippen molar-refractivity contribution in [2.75, 3.05) is 27.8 Å². The molecule has 1 aliphatic heterocycles. The van der Waals surface area contributed by atoms with Gasteiger partial charge in [-0.3, -0.25) is 9.80 Å². The van der Waals surface area contributed by atoms with E-state index in [4.69, 9.17) is 14.2 Å². The lowest BCUT2D eigenvalue weighted by Gasteiger charge is -2.35. The van der Waals surface area contributed by atoms with E-state index in [2.05, 4.69) is 10.3 Å². The highest BCUT2D eigenvalue weighted by molar-refractivity contribution is 6.06. The number of hydrogen-bond acceptors (Lipinski definition) is 9. The van der Waals surface area contributed by atoms with E-state index < -0.39 is 24.6 Å². The molecule has 0 amide bonds. The summed E-state index contributed by atoms with van der Waals surface area (Å²) < 4.78 is 16.2. The van der Waals surface area contributed by atoms with E-state index in [0.717, 1.165) is 0 Å². The third-order valence-corrected chi connectivity index (χ3v) is 4.80. The Morgan fingerprint density at radius 2 is 1.82 bits per heavy atom. The van der Waals surface area contributed by atoms with Crippen molar-refractivity contribution in [2.24, 2.45) is 10.3 Å². The molecule has 1 heterocycles. The molecule has 1 saturated heterocycles. The van der Waals surface area contributed by atoms with Gasteiger partial charge in [0.2, 0.25) is 6.29 Å². The van der Waals surface area contributed by atoms with Gasteiger partial charge in [-0.2, -0.15) is 0 Å². The number of ether oxygens (including phenoxy) is 3. The normalized spacial score (nSPS) is 23.1. The van der Waals surface area contributed by atoms with Crippen molar-refractivity contribution in [3.63, 3.8) is 0 Å². The smallest absolute Gasteiger partial charge is 0.229 e. The highest BCUT2D eigenvalue weighted by Crippen LogP contribution is 2.31. The first-order valence-corrected chi connectivity index (χ1v) is 10.2. The quantitative estimate of drug-likeness (QED) is 0.237. The summed E-state index contributed by atoms with van der Waals surface area (Å²) in [6, 6.07) is 11.7. The largest absolute Gasteiger partial charge is 0.493 e. The van der Waals surface area contributed by atoms with Crippen molar-refractivity contribution in [1.82, 2.24) is 5.01 Å². The lowest BCUT2D eigenvalue weighted by Crippen LogP contribution is -2.54. The number of nitrogens with zero attached hydrogens (tertiary/aromatic N) is 3. The Hall–Kier alpha value is -3.31. The molecule has 1 fully saturated rings. The second kappa shape index (κ2) is 11.0. The van der Waals surface area contributed by atoms with Crippen LogP contribution in [0.1, 0.15) is 15.9 Å². The van der Waals surface area contributed by atoms with Crippen molar-refractivity contribution in [1.29, 1.82) is 0 Å². The van der Waals surface area contributed by atoms with Crippen LogP contribution in [0.25, 0.3) is 6.08 Å². The van der Waals surface area contributed by atoms with E-state index in [9.17, 15) is 20.1 Å². The summed E-state index contributed by atoms with van der Waals surface area (Å²) in [6.07, 6.45) is -2.08. The molecular weight excluding hydrogens is 430 g/mol. The maximum absolute atomic E-state index is 12.5. The summed E-state index contributed by atoms with van der Waals surface area (Å²) in [7, 11) is 4.98. The number of aliphatic hydroxyl groups excluding tert-OH is 3. The molecule has 176 valence electrons. The third kappa shape index (κ3) is 6.36. The van der Waals surface area contributed by atoms with Crippen molar-refractivity contribution in [3.8, 4) is 11.5 Å². The highest BCUT2D eigenvalue weighted by atomic mass is 16.7. The Balaban J connectivity index is 1.67. The van der Waals surface area contributed by atoms with E-state index in [0.29, 0.717) is 22.6 Å². The minimum absolute atomic E-state index is 0.173. The van der Waals surface area contributed by atoms with Crippen LogP contribution in [0, 0.1) is 0 Å². The molecule has 0 spiro atoms. The summed E-state index contributed by atoms with van der Waals surface area (Å²) in [5.41, 5.74) is 1.83. The van der Waals surface area contributed by atoms with Crippen LogP contribution >= 0.6 is 0 Å². The van der Waals surface area contributed by atoms with Crippen molar-refractivity contribution >= 4 is 17.5 Å². The molecule has 10 nitrogen and oxygen atoms in total. The van der Waals surface area contributed by atoms with Crippen molar-refractivity contribution in [3.05, 3.63) is 59.7 Å². The molecule has 0 aliphatic carbocycles. The molecule has 0 unspecified atom stereocenters. The fraction of sp³-hybridized carbons (Fsp3) is 0.348. The Bertz CT molecular complexity index is 1010. The lowest BCUT2D eigenvalue weighted by atomic mass is 10.1. The lowest BCUT2D eigenvalue weighted by molar-refractivity contribution is -0.242. The minimum atomic E-state index is -1.42. The Morgan fingerprint density at radius 3 is 2.48 bits per heavy atom. The first-order valence-electron chi connectivity index (χ1n) is 10.2. The van der Waals surface area contributed by atoms with Crippen molar-refractivity contribution < 1.29 is 34.3 Å². The molecular formula is C23H27N3O7. The van der Waals surface area contributed by atoms with Gasteiger partial charge < -0.3 is 29.5 Å². The van der Waals surface area contributed by atoms with Gasteiger partial charge in [0.1, 0.15) is 18.3 Å². The van der Waals surface area contributed by atoms with Gasteiger partial charge in [-0.25, -0.2) is 0 Å². The Labute approximate surface area is 191 Å². The molecule has 2 aromatic rings. The number of benzene rings is 2. The number of aliphatic hydroxyl groups is 3. The van der Waals surface area contributed by atoms with Crippen molar-refractivity contribution in [2.45, 2.75) is 24.6 Å². The van der Waals surface area contributed by atoms with Gasteiger partial charge in [0.15, 0.2) is 17.3 Å². The van der Waals surface area contributed by atoms with Crippen LogP contribution in [0.3, 0.4) is 0 Å². The van der Waals surface area contributed by atoms with Crippen LogP contribution in [0.5, 0.6) is 11.5 Å². The maximum Gasteiger partial charge on any atom is 0.229 e. The molecule has 3 rings (SSSR count). The first-order chi connectivity index (χ1) is 15.8. The van der Waals surface area contributed by atoms with Gasteiger partial charge >= 0.3 is 0 Å². The number of methoxy groups -OCH3 is 1. The second-order valence-corrected chi connectivity index (χ2v) is 7.56. The summed E-state index contributed by atoms with van der Waals surface area (Å²) >= 11 is 0. The van der Waals surface area contributed by atoms with Gasteiger partial charge in [0, 0.05) is 19.7 Å². The van der Waals surface area contributed by atoms with E-state index in [-0.39, 0.29) is 18.1 Å². The fourth-order valence-corrected chi connectivity index (χ4v) is 2.99. The van der Waals surface area contributed by atoms with Gasteiger partial charge in [-0.15, -0.1) is 5.11 Å².